The van der Waals surface area contributed by atoms with Crippen LogP contribution in [0.25, 0.3) is 0 Å². The van der Waals surface area contributed by atoms with E-state index in [1.165, 1.54) is 0 Å². The summed E-state index contributed by atoms with van der Waals surface area (Å²) in [6.07, 6.45) is 5.96. The summed E-state index contributed by atoms with van der Waals surface area (Å²) >= 11 is 0. The molecule has 18 heavy (non-hydrogen) atoms. The first-order valence-corrected chi connectivity index (χ1v) is 5.58. The van der Waals surface area contributed by atoms with Crippen LogP contribution in [-0.2, 0) is 18.9 Å². The van der Waals surface area contributed by atoms with Gasteiger partial charge in [-0.1, -0.05) is 12.2 Å². The molecule has 0 saturated heterocycles. The second kappa shape index (κ2) is 5.08. The van der Waals surface area contributed by atoms with Gasteiger partial charge in [-0.25, -0.2) is 0 Å². The van der Waals surface area contributed by atoms with Gasteiger partial charge in [-0.3, -0.25) is 0 Å². The second-order valence-corrected chi connectivity index (χ2v) is 3.70. The maximum atomic E-state index is 5.43. The molecule has 2 heterocycles. The molecule has 0 aromatic rings. The van der Waals surface area contributed by atoms with Gasteiger partial charge in [0.15, 0.2) is 5.76 Å². The molecular formula is C13H17NO4. The zero-order valence-electron chi connectivity index (χ0n) is 11.0. The van der Waals surface area contributed by atoms with Crippen LogP contribution in [0.4, 0.5) is 0 Å². The monoisotopic (exact) mass is 251 g/mol. The lowest BCUT2D eigenvalue weighted by Crippen LogP contribution is -2.33. The molecule has 0 bridgehead atoms. The Kier molecular flexibility index (Phi) is 3.50. The lowest BCUT2D eigenvalue weighted by atomic mass is 10.1. The minimum absolute atomic E-state index is 0.532. The van der Waals surface area contributed by atoms with E-state index < -0.39 is 0 Å². The number of methoxy groups -OCH3 is 4. The maximum absolute atomic E-state index is 5.43. The zero-order valence-corrected chi connectivity index (χ0v) is 11.0. The number of ether oxygens (including phenoxy) is 4. The molecule has 0 fully saturated rings. The van der Waals surface area contributed by atoms with Crippen LogP contribution >= 0.6 is 0 Å². The lowest BCUT2D eigenvalue weighted by molar-refractivity contribution is 0.104. The van der Waals surface area contributed by atoms with E-state index in [1.807, 2.05) is 23.1 Å². The fraction of sp³-hybridized carbons (Fsp3) is 0.385. The summed E-state index contributed by atoms with van der Waals surface area (Å²) in [7, 11) is 6.37. The van der Waals surface area contributed by atoms with Gasteiger partial charge in [0.05, 0.1) is 34.1 Å². The molecule has 0 atom stereocenters. The van der Waals surface area contributed by atoms with Gasteiger partial charge in [0, 0.05) is 6.54 Å². The normalized spacial score (nSPS) is 18.4. The number of fused-ring (bicyclic) bond motifs is 1. The smallest absolute Gasteiger partial charge is 0.241 e. The van der Waals surface area contributed by atoms with Gasteiger partial charge in [0.25, 0.3) is 0 Å². The van der Waals surface area contributed by atoms with E-state index in [2.05, 4.69) is 0 Å². The first-order chi connectivity index (χ1) is 8.78. The summed E-state index contributed by atoms with van der Waals surface area (Å²) in [6, 6.07) is 0. The van der Waals surface area contributed by atoms with Crippen molar-refractivity contribution < 1.29 is 18.9 Å². The Morgan fingerprint density at radius 3 is 2.11 bits per heavy atom. The summed E-state index contributed by atoms with van der Waals surface area (Å²) in [4.78, 5) is 1.97. The molecule has 0 N–H and O–H groups in total. The third-order valence-corrected chi connectivity index (χ3v) is 2.86. The SMILES string of the molecule is COC1=C(OC)C(OC)=C(OC)N2CC=CC=C12. The van der Waals surface area contributed by atoms with Gasteiger partial charge >= 0.3 is 0 Å². The highest BCUT2D eigenvalue weighted by Gasteiger charge is 2.35. The minimum atomic E-state index is 0.532. The number of nitrogens with zero attached hydrogens (tertiary/aromatic N) is 1. The summed E-state index contributed by atoms with van der Waals surface area (Å²) in [5.41, 5.74) is 0.898. The molecule has 0 aliphatic carbocycles. The fourth-order valence-corrected chi connectivity index (χ4v) is 2.11. The van der Waals surface area contributed by atoms with E-state index in [0.717, 1.165) is 5.70 Å². The van der Waals surface area contributed by atoms with E-state index in [9.17, 15) is 0 Å². The lowest BCUT2D eigenvalue weighted by Gasteiger charge is -2.35. The minimum Gasteiger partial charge on any atom is -0.491 e. The molecule has 0 saturated carbocycles. The quantitative estimate of drug-likeness (QED) is 0.761. The Hall–Kier alpha value is -2.04. The highest BCUT2D eigenvalue weighted by molar-refractivity contribution is 5.45. The molecule has 98 valence electrons. The third kappa shape index (κ3) is 1.72. The molecule has 5 heteroatoms. The average molecular weight is 251 g/mol. The first-order valence-electron chi connectivity index (χ1n) is 5.58. The largest absolute Gasteiger partial charge is 0.491 e. The molecule has 5 nitrogen and oxygen atoms in total. The second-order valence-electron chi connectivity index (χ2n) is 3.70. The van der Waals surface area contributed by atoms with Crippen molar-refractivity contribution in [3.8, 4) is 0 Å². The molecule has 2 rings (SSSR count). The van der Waals surface area contributed by atoms with Crippen LogP contribution in [0, 0.1) is 0 Å². The van der Waals surface area contributed by atoms with Gasteiger partial charge in [0.2, 0.25) is 17.4 Å². The van der Waals surface area contributed by atoms with E-state index in [-0.39, 0.29) is 0 Å². The van der Waals surface area contributed by atoms with Crippen molar-refractivity contribution in [3.63, 3.8) is 0 Å². The molecule has 2 aliphatic heterocycles. The van der Waals surface area contributed by atoms with Crippen molar-refractivity contribution in [2.45, 2.75) is 0 Å². The predicted octanol–water partition coefficient (Wildman–Crippen LogP) is 1.72. The summed E-state index contributed by atoms with van der Waals surface area (Å²) < 4.78 is 21.6. The fourth-order valence-electron chi connectivity index (χ4n) is 2.11. The maximum Gasteiger partial charge on any atom is 0.241 e. The Morgan fingerprint density at radius 1 is 0.889 bits per heavy atom. The number of hydrogen-bond donors (Lipinski definition) is 0. The topological polar surface area (TPSA) is 40.2 Å². The van der Waals surface area contributed by atoms with E-state index >= 15 is 0 Å². The van der Waals surface area contributed by atoms with Gasteiger partial charge in [-0.2, -0.15) is 0 Å². The third-order valence-electron chi connectivity index (χ3n) is 2.86. The summed E-state index contributed by atoms with van der Waals surface area (Å²) in [5, 5.41) is 0. The molecular weight excluding hydrogens is 234 g/mol. The van der Waals surface area contributed by atoms with Crippen LogP contribution < -0.4 is 0 Å². The van der Waals surface area contributed by atoms with Gasteiger partial charge in [-0.05, 0) is 6.08 Å². The van der Waals surface area contributed by atoms with E-state index in [1.54, 1.807) is 28.4 Å². The van der Waals surface area contributed by atoms with Crippen LogP contribution in [-0.4, -0.2) is 39.9 Å². The molecule has 0 unspecified atom stereocenters. The van der Waals surface area contributed by atoms with Crippen LogP contribution in [0.1, 0.15) is 0 Å². The highest BCUT2D eigenvalue weighted by Crippen LogP contribution is 2.36. The number of allylic oxidation sites excluding steroid dienone is 2. The summed E-state index contributed by atoms with van der Waals surface area (Å²) in [6.45, 7) is 0.700. The standard InChI is InChI=1S/C13H17NO4/c1-15-10-9-7-5-6-8-14(9)13(18-4)12(17-3)11(10)16-2/h5-7H,8H2,1-4H3. The van der Waals surface area contributed by atoms with E-state index in [4.69, 9.17) is 18.9 Å². The van der Waals surface area contributed by atoms with Crippen molar-refractivity contribution >= 4 is 0 Å². The molecule has 0 aromatic heterocycles. The molecule has 0 aromatic carbocycles. The molecule has 0 radical (unpaired) electrons. The molecule has 0 spiro atoms. The summed E-state index contributed by atoms with van der Waals surface area (Å²) in [5.74, 6) is 2.32. The van der Waals surface area contributed by atoms with E-state index in [0.29, 0.717) is 29.7 Å². The Labute approximate surface area is 107 Å². The van der Waals surface area contributed by atoms with Crippen LogP contribution in [0.15, 0.2) is 47.1 Å². The van der Waals surface area contributed by atoms with Crippen molar-refractivity contribution in [2.75, 3.05) is 35.0 Å². The van der Waals surface area contributed by atoms with Gasteiger partial charge < -0.3 is 23.8 Å². The van der Waals surface area contributed by atoms with Crippen molar-refractivity contribution in [2.24, 2.45) is 0 Å². The first kappa shape index (κ1) is 12.4. The number of hydrogen-bond acceptors (Lipinski definition) is 5. The van der Waals surface area contributed by atoms with Crippen LogP contribution in [0.5, 0.6) is 0 Å². The van der Waals surface area contributed by atoms with Crippen molar-refractivity contribution in [1.29, 1.82) is 0 Å². The Morgan fingerprint density at radius 2 is 1.56 bits per heavy atom. The van der Waals surface area contributed by atoms with Crippen molar-refractivity contribution in [3.05, 3.63) is 47.1 Å². The Bertz CT molecular complexity index is 460. The average Bonchev–Trinajstić information content (AvgIpc) is 2.44. The molecule has 2 aliphatic rings. The highest BCUT2D eigenvalue weighted by atomic mass is 16.6. The number of rotatable bonds is 4. The Balaban J connectivity index is 2.62. The van der Waals surface area contributed by atoms with Gasteiger partial charge in [-0.15, -0.1) is 0 Å². The van der Waals surface area contributed by atoms with Gasteiger partial charge in [0.1, 0.15) is 0 Å². The van der Waals surface area contributed by atoms with Crippen molar-refractivity contribution in [1.82, 2.24) is 4.90 Å². The molecule has 0 amide bonds. The van der Waals surface area contributed by atoms with Crippen LogP contribution in [0.3, 0.4) is 0 Å². The zero-order chi connectivity index (χ0) is 13.1. The van der Waals surface area contributed by atoms with Crippen LogP contribution in [0.2, 0.25) is 0 Å². The predicted molar refractivity (Wildman–Crippen MR) is 66.0 cm³/mol.